The fourth-order valence-electron chi connectivity index (χ4n) is 4.92. The third kappa shape index (κ3) is 4.78. The first kappa shape index (κ1) is 22.0. The lowest BCUT2D eigenvalue weighted by Gasteiger charge is -2.36. The summed E-state index contributed by atoms with van der Waals surface area (Å²) in [6.45, 7) is 11.0. The highest BCUT2D eigenvalue weighted by Crippen LogP contribution is 2.40. The van der Waals surface area contributed by atoms with Gasteiger partial charge in [0.1, 0.15) is 24.2 Å². The normalized spacial score (nSPS) is 21.3. The highest BCUT2D eigenvalue weighted by Gasteiger charge is 2.35. The third-order valence-corrected chi connectivity index (χ3v) is 6.74. The first-order valence-electron chi connectivity index (χ1n) is 11.7. The molecule has 2 aromatic carbocycles. The van der Waals surface area contributed by atoms with Gasteiger partial charge in [0, 0.05) is 50.4 Å². The van der Waals surface area contributed by atoms with Gasteiger partial charge in [-0.15, -0.1) is 0 Å². The Kier molecular flexibility index (Phi) is 6.40. The molecule has 174 valence electrons. The fraction of sp³-hybridized carbons (Fsp3) is 0.407. The Labute approximate surface area is 196 Å². The van der Waals surface area contributed by atoms with E-state index in [2.05, 4.69) is 58.6 Å². The van der Waals surface area contributed by atoms with Crippen LogP contribution in [0.2, 0.25) is 0 Å². The maximum atomic E-state index is 6.08. The number of aryl methyl sites for hydroxylation is 1. The van der Waals surface area contributed by atoms with Gasteiger partial charge in [-0.2, -0.15) is 0 Å². The molecule has 1 fully saturated rings. The lowest BCUT2D eigenvalue weighted by Crippen LogP contribution is -2.49. The second kappa shape index (κ2) is 9.59. The van der Waals surface area contributed by atoms with Gasteiger partial charge < -0.3 is 9.47 Å². The molecule has 0 aliphatic carbocycles. The Bertz CT molecular complexity index is 1060. The molecule has 5 rings (SSSR count). The summed E-state index contributed by atoms with van der Waals surface area (Å²) < 4.78 is 11.6. The van der Waals surface area contributed by atoms with Crippen molar-refractivity contribution in [3.63, 3.8) is 0 Å². The molecule has 6 nitrogen and oxygen atoms in total. The Hall–Kier alpha value is -2.80. The van der Waals surface area contributed by atoms with E-state index in [0.29, 0.717) is 6.61 Å². The Morgan fingerprint density at radius 1 is 1.12 bits per heavy atom. The molecule has 0 radical (unpaired) electrons. The number of methoxy groups -OCH3 is 1. The lowest BCUT2D eigenvalue weighted by molar-refractivity contribution is 0.0118. The molecule has 3 heterocycles. The van der Waals surface area contributed by atoms with Gasteiger partial charge in [0.05, 0.1) is 12.8 Å². The summed E-state index contributed by atoms with van der Waals surface area (Å²) in [7, 11) is 1.70. The minimum atomic E-state index is 0.00621. The minimum Gasteiger partial charge on any atom is -0.496 e. The van der Waals surface area contributed by atoms with Gasteiger partial charge >= 0.3 is 0 Å². The van der Waals surface area contributed by atoms with Crippen LogP contribution >= 0.6 is 0 Å². The van der Waals surface area contributed by atoms with Gasteiger partial charge in [-0.3, -0.25) is 20.1 Å². The summed E-state index contributed by atoms with van der Waals surface area (Å²) in [6, 6.07) is 14.6. The third-order valence-electron chi connectivity index (χ3n) is 6.74. The number of fused-ring (bicyclic) bond motifs is 2. The maximum absolute atomic E-state index is 6.08. The van der Waals surface area contributed by atoms with Gasteiger partial charge in [-0.25, -0.2) is 0 Å². The van der Waals surface area contributed by atoms with E-state index < -0.39 is 0 Å². The zero-order valence-electron chi connectivity index (χ0n) is 19.8. The van der Waals surface area contributed by atoms with Crippen molar-refractivity contribution < 1.29 is 14.3 Å². The Morgan fingerprint density at radius 2 is 1.88 bits per heavy atom. The van der Waals surface area contributed by atoms with E-state index in [0.717, 1.165) is 67.6 Å². The van der Waals surface area contributed by atoms with Crippen LogP contribution in [0.15, 0.2) is 53.6 Å². The number of ether oxygens (including phenoxy) is 2. The van der Waals surface area contributed by atoms with Crippen LogP contribution in [-0.4, -0.2) is 68.9 Å². The molecule has 0 saturated carbocycles. The maximum Gasteiger partial charge on any atom is 0.129 e. The van der Waals surface area contributed by atoms with E-state index in [1.165, 1.54) is 16.7 Å². The second-order valence-electron chi connectivity index (χ2n) is 9.19. The first-order valence-corrected chi connectivity index (χ1v) is 11.7. The van der Waals surface area contributed by atoms with Crippen LogP contribution < -0.4 is 15.0 Å². The SMILES string of the molecule is COc1cc2c(cc1C)OCC1=C2NOC1CN1CCN(CC(C)=Cc2ccccc2)CC1. The van der Waals surface area contributed by atoms with Crippen molar-refractivity contribution in [3.05, 3.63) is 70.3 Å². The number of hydrogen-bond donors (Lipinski definition) is 1. The number of nitrogens with one attached hydrogen (secondary N) is 1. The predicted octanol–water partition coefficient (Wildman–Crippen LogP) is 3.73. The van der Waals surface area contributed by atoms with Crippen molar-refractivity contribution in [1.82, 2.24) is 15.3 Å². The quantitative estimate of drug-likeness (QED) is 0.728. The van der Waals surface area contributed by atoms with Crippen molar-refractivity contribution in [1.29, 1.82) is 0 Å². The molecule has 1 atom stereocenters. The Morgan fingerprint density at radius 3 is 2.64 bits per heavy atom. The molecule has 0 spiro atoms. The molecule has 1 saturated heterocycles. The lowest BCUT2D eigenvalue weighted by atomic mass is 9.98. The van der Waals surface area contributed by atoms with Crippen LogP contribution in [0.5, 0.6) is 11.5 Å². The average molecular weight is 448 g/mol. The molecular formula is C27H33N3O3. The summed E-state index contributed by atoms with van der Waals surface area (Å²) in [5, 5.41) is 0. The number of hydroxylamine groups is 1. The van der Waals surface area contributed by atoms with Crippen LogP contribution in [0, 0.1) is 6.92 Å². The number of piperazine rings is 1. The van der Waals surface area contributed by atoms with Gasteiger partial charge in [-0.1, -0.05) is 42.0 Å². The standard InChI is InChI=1S/C27H33N3O3/c1-19(13-21-7-5-4-6-8-21)16-29-9-11-30(12-10-29)17-26-23-18-32-25-14-20(2)24(31-3)15-22(25)27(23)28-33-26/h4-8,13-15,26,28H,9-12,16-18H2,1-3H3. The van der Waals surface area contributed by atoms with Crippen LogP contribution in [-0.2, 0) is 4.84 Å². The number of rotatable bonds is 6. The van der Waals surface area contributed by atoms with Crippen LogP contribution in [0.3, 0.4) is 0 Å². The molecule has 2 aromatic rings. The minimum absolute atomic E-state index is 0.00621. The summed E-state index contributed by atoms with van der Waals surface area (Å²) in [6.07, 6.45) is 2.29. The van der Waals surface area contributed by atoms with E-state index in [1.807, 2.05) is 19.1 Å². The van der Waals surface area contributed by atoms with Crippen molar-refractivity contribution in [2.24, 2.45) is 0 Å². The molecule has 1 N–H and O–H groups in total. The largest absolute Gasteiger partial charge is 0.496 e. The zero-order valence-corrected chi connectivity index (χ0v) is 19.8. The van der Waals surface area contributed by atoms with Gasteiger partial charge in [-0.05, 0) is 37.1 Å². The topological polar surface area (TPSA) is 46.2 Å². The average Bonchev–Trinajstić information content (AvgIpc) is 3.23. The highest BCUT2D eigenvalue weighted by atomic mass is 16.7. The molecule has 0 amide bonds. The monoisotopic (exact) mass is 447 g/mol. The fourth-order valence-corrected chi connectivity index (χ4v) is 4.92. The summed E-state index contributed by atoms with van der Waals surface area (Å²) in [4.78, 5) is 11.1. The Balaban J connectivity index is 1.18. The van der Waals surface area contributed by atoms with Crippen molar-refractivity contribution in [2.75, 3.05) is 53.0 Å². The van der Waals surface area contributed by atoms with E-state index in [4.69, 9.17) is 14.3 Å². The van der Waals surface area contributed by atoms with Gasteiger partial charge in [0.15, 0.2) is 0 Å². The number of hydrogen-bond acceptors (Lipinski definition) is 6. The summed E-state index contributed by atoms with van der Waals surface area (Å²) in [5.74, 6) is 1.75. The predicted molar refractivity (Wildman–Crippen MR) is 131 cm³/mol. The van der Waals surface area contributed by atoms with E-state index in [9.17, 15) is 0 Å². The molecule has 1 unspecified atom stereocenters. The smallest absolute Gasteiger partial charge is 0.129 e. The van der Waals surface area contributed by atoms with Crippen molar-refractivity contribution in [3.8, 4) is 11.5 Å². The van der Waals surface area contributed by atoms with Crippen LogP contribution in [0.1, 0.15) is 23.6 Å². The number of nitrogens with zero attached hydrogens (tertiary/aromatic N) is 2. The van der Waals surface area contributed by atoms with Crippen molar-refractivity contribution in [2.45, 2.75) is 20.0 Å². The summed E-state index contributed by atoms with van der Waals surface area (Å²) >= 11 is 0. The van der Waals surface area contributed by atoms with Crippen LogP contribution in [0.25, 0.3) is 11.8 Å². The molecule has 3 aliphatic heterocycles. The molecule has 3 aliphatic rings. The molecule has 0 aromatic heterocycles. The van der Waals surface area contributed by atoms with Gasteiger partial charge in [0.25, 0.3) is 0 Å². The molecule has 0 bridgehead atoms. The van der Waals surface area contributed by atoms with E-state index in [-0.39, 0.29) is 6.10 Å². The zero-order chi connectivity index (χ0) is 22.8. The van der Waals surface area contributed by atoms with E-state index >= 15 is 0 Å². The van der Waals surface area contributed by atoms with Gasteiger partial charge in [0.2, 0.25) is 0 Å². The van der Waals surface area contributed by atoms with Crippen LogP contribution in [0.4, 0.5) is 0 Å². The van der Waals surface area contributed by atoms with E-state index in [1.54, 1.807) is 7.11 Å². The highest BCUT2D eigenvalue weighted by molar-refractivity contribution is 5.76. The molecule has 33 heavy (non-hydrogen) atoms. The summed E-state index contributed by atoms with van der Waals surface area (Å²) in [5.41, 5.74) is 10.2. The molecular weight excluding hydrogens is 414 g/mol. The molecule has 6 heteroatoms. The van der Waals surface area contributed by atoms with Crippen molar-refractivity contribution >= 4 is 11.8 Å². The number of benzene rings is 2. The first-order chi connectivity index (χ1) is 16.1. The second-order valence-corrected chi connectivity index (χ2v) is 9.19.